The summed E-state index contributed by atoms with van der Waals surface area (Å²) in [5.74, 6) is 5.49. The van der Waals surface area contributed by atoms with Gasteiger partial charge in [-0.2, -0.15) is 0 Å². The fourth-order valence-electron chi connectivity index (χ4n) is 6.87. The largest absolute Gasteiger partial charge is 0.435 e. The second-order valence-electron chi connectivity index (χ2n) is 15.2. The number of aromatic nitrogens is 3. The Balaban J connectivity index is 1.07. The Hall–Kier alpha value is -7.92. The van der Waals surface area contributed by atoms with E-state index in [4.69, 9.17) is 42.1 Å². The van der Waals surface area contributed by atoms with Crippen LogP contribution in [0.2, 0.25) is 0 Å². The molecule has 0 saturated carbocycles. The Morgan fingerprint density at radius 2 is 0.420 bits per heavy atom. The second kappa shape index (κ2) is 22.3. The third-order valence-corrected chi connectivity index (χ3v) is 14.5. The third-order valence-electron chi connectivity index (χ3n) is 10.2. The van der Waals surface area contributed by atoms with E-state index in [1.54, 1.807) is 0 Å². The molecule has 0 N–H and O–H groups in total. The van der Waals surface area contributed by atoms with Gasteiger partial charge >= 0.3 is 25.1 Å². The van der Waals surface area contributed by atoms with E-state index in [0.29, 0.717) is 52.0 Å². The maximum Gasteiger partial charge on any atom is 0.326 e. The molecule has 0 saturated heterocycles. The predicted octanol–water partition coefficient (Wildman–Crippen LogP) is 14.2. The van der Waals surface area contributed by atoms with E-state index in [1.807, 2.05) is 255 Å². The highest BCUT2D eigenvalue weighted by Crippen LogP contribution is 2.43. The van der Waals surface area contributed by atoms with E-state index in [0.717, 1.165) is 32.6 Å². The van der Waals surface area contributed by atoms with E-state index in [9.17, 15) is 0 Å². The monoisotopic (exact) mass is 957 g/mol. The molecule has 0 aliphatic carbocycles. The summed E-state index contributed by atoms with van der Waals surface area (Å²) >= 11 is 0. The van der Waals surface area contributed by atoms with Crippen molar-refractivity contribution in [3.63, 3.8) is 0 Å². The molecule has 0 aliphatic heterocycles. The molecule has 10 rings (SSSR count). The first-order valence-electron chi connectivity index (χ1n) is 22.0. The third kappa shape index (κ3) is 12.0. The Bertz CT molecular complexity index is 2720. The average Bonchev–Trinajstić information content (AvgIpc) is 3.42. The van der Waals surface area contributed by atoms with Gasteiger partial charge in [-0.1, -0.05) is 146 Å². The highest BCUT2D eigenvalue weighted by molar-refractivity contribution is 7.57. The van der Waals surface area contributed by atoms with Crippen LogP contribution in [0, 0.1) is 0 Å². The quantitative estimate of drug-likeness (QED) is 0.0779. The number of hydrogen-bond acceptors (Lipinski definition) is 9. The Morgan fingerprint density at radius 3 is 0.623 bits per heavy atom. The van der Waals surface area contributed by atoms with Crippen molar-refractivity contribution in [1.29, 1.82) is 0 Å². The van der Waals surface area contributed by atoms with Gasteiger partial charge in [0.25, 0.3) is 0 Å². The summed E-state index contributed by atoms with van der Waals surface area (Å²) in [6.07, 6.45) is 0. The molecule has 0 unspecified atom stereocenters. The van der Waals surface area contributed by atoms with Crippen molar-refractivity contribution < 1.29 is 27.1 Å². The lowest BCUT2D eigenvalue weighted by atomic mass is 10.1. The average molecular weight is 958 g/mol. The van der Waals surface area contributed by atoms with E-state index >= 15 is 0 Å². The molecule has 12 heteroatoms. The molecule has 10 aromatic rings. The zero-order chi connectivity index (χ0) is 46.5. The molecule has 0 spiro atoms. The summed E-state index contributed by atoms with van der Waals surface area (Å²) < 4.78 is 39.4. The Kier molecular flexibility index (Phi) is 14.5. The summed E-state index contributed by atoms with van der Waals surface area (Å²) in [6, 6.07) is 82.0. The van der Waals surface area contributed by atoms with E-state index in [2.05, 4.69) is 0 Å². The number of benzene rings is 9. The van der Waals surface area contributed by atoms with Crippen molar-refractivity contribution in [2.24, 2.45) is 0 Å². The van der Waals surface area contributed by atoms with Gasteiger partial charge in [-0.3, -0.25) is 0 Å². The molecule has 0 atom stereocenters. The molecule has 0 fully saturated rings. The lowest BCUT2D eigenvalue weighted by molar-refractivity contribution is 0.501. The van der Waals surface area contributed by atoms with Gasteiger partial charge < -0.3 is 27.1 Å². The minimum Gasteiger partial charge on any atom is -0.435 e. The minimum atomic E-state index is -1.65. The fraction of sp³-hybridized carbons (Fsp3) is 0. The molecule has 0 aliphatic rings. The fourth-order valence-corrected chi connectivity index (χ4v) is 10.9. The number of rotatable bonds is 18. The second-order valence-corrected chi connectivity index (χ2v) is 19.3. The topological polar surface area (TPSA) is 94.1 Å². The van der Waals surface area contributed by atoms with Crippen LogP contribution in [0.5, 0.6) is 34.5 Å². The molecule has 336 valence electrons. The smallest absolute Gasteiger partial charge is 0.326 e. The van der Waals surface area contributed by atoms with E-state index < -0.39 is 25.1 Å². The standard InChI is InChI=1S/C57H42N3O6P3/c1-7-25-46(26-8-1)61-67(62-47-27-9-2-10-28-47)52-37-19-22-43(40-52)55-58-56(44-23-20-38-53(41-44)68(63-48-29-11-3-12-30-48)64-49-31-13-4-14-32-49)60-57(59-55)45-24-21-39-54(42-45)69(65-50-33-15-5-16-34-50)66-51-35-17-6-18-36-51/h1-42H. The van der Waals surface area contributed by atoms with Gasteiger partial charge in [-0.05, 0) is 109 Å². The highest BCUT2D eigenvalue weighted by Gasteiger charge is 2.24. The van der Waals surface area contributed by atoms with Crippen LogP contribution in [0.1, 0.15) is 0 Å². The van der Waals surface area contributed by atoms with Crippen LogP contribution in [0.3, 0.4) is 0 Å². The summed E-state index contributed by atoms with van der Waals surface area (Å²) in [5.41, 5.74) is 2.24. The molecular weight excluding hydrogens is 916 g/mol. The zero-order valence-electron chi connectivity index (χ0n) is 36.9. The maximum absolute atomic E-state index is 6.57. The predicted molar refractivity (Wildman–Crippen MR) is 278 cm³/mol. The van der Waals surface area contributed by atoms with Crippen LogP contribution in [0.15, 0.2) is 255 Å². The van der Waals surface area contributed by atoms with E-state index in [-0.39, 0.29) is 0 Å². The SMILES string of the molecule is c1ccc(OP(Oc2ccccc2)c2cccc(-c3nc(-c4cccc(P(Oc5ccccc5)Oc5ccccc5)c4)nc(-c4cccc(P(Oc5ccccc5)Oc5ccccc5)c4)n3)c2)cc1. The molecule has 0 amide bonds. The molecule has 0 bridgehead atoms. The maximum atomic E-state index is 6.57. The van der Waals surface area contributed by atoms with Gasteiger partial charge in [0.15, 0.2) is 17.5 Å². The molecule has 9 nitrogen and oxygen atoms in total. The van der Waals surface area contributed by atoms with Crippen molar-refractivity contribution in [3.05, 3.63) is 255 Å². The molecular formula is C57H42N3O6P3. The van der Waals surface area contributed by atoms with Crippen molar-refractivity contribution in [3.8, 4) is 68.7 Å². The van der Waals surface area contributed by atoms with Crippen LogP contribution in [0.4, 0.5) is 0 Å². The van der Waals surface area contributed by atoms with Gasteiger partial charge in [-0.15, -0.1) is 0 Å². The minimum absolute atomic E-state index is 0.452. The normalized spacial score (nSPS) is 11.0. The molecule has 1 aromatic heterocycles. The first-order valence-corrected chi connectivity index (χ1v) is 25.5. The van der Waals surface area contributed by atoms with Gasteiger partial charge in [0, 0.05) is 16.7 Å². The summed E-state index contributed by atoms with van der Waals surface area (Å²) in [5, 5.41) is 2.48. The van der Waals surface area contributed by atoms with Crippen LogP contribution >= 0.6 is 25.1 Å². The van der Waals surface area contributed by atoms with E-state index in [1.165, 1.54) is 0 Å². The van der Waals surface area contributed by atoms with Crippen molar-refractivity contribution in [2.45, 2.75) is 0 Å². The van der Waals surface area contributed by atoms with Crippen molar-refractivity contribution >= 4 is 41.0 Å². The lowest BCUT2D eigenvalue weighted by Crippen LogP contribution is -2.12. The van der Waals surface area contributed by atoms with Crippen LogP contribution in [-0.4, -0.2) is 15.0 Å². The van der Waals surface area contributed by atoms with Gasteiger partial charge in [0.2, 0.25) is 0 Å². The number of para-hydroxylation sites is 6. The zero-order valence-corrected chi connectivity index (χ0v) is 39.6. The lowest BCUT2D eigenvalue weighted by Gasteiger charge is -2.20. The molecule has 9 aromatic carbocycles. The summed E-state index contributed by atoms with van der Waals surface area (Å²) in [7, 11) is -4.95. The first-order chi connectivity index (χ1) is 34.1. The highest BCUT2D eigenvalue weighted by atomic mass is 31.2. The van der Waals surface area contributed by atoms with Crippen LogP contribution in [0.25, 0.3) is 34.2 Å². The Labute approximate surface area is 404 Å². The van der Waals surface area contributed by atoms with Crippen molar-refractivity contribution in [2.75, 3.05) is 0 Å². The molecule has 1 heterocycles. The van der Waals surface area contributed by atoms with Gasteiger partial charge in [0.05, 0.1) is 15.9 Å². The van der Waals surface area contributed by atoms with Gasteiger partial charge in [-0.25, -0.2) is 15.0 Å². The summed E-state index contributed by atoms with van der Waals surface area (Å²) in [4.78, 5) is 15.6. The molecule has 69 heavy (non-hydrogen) atoms. The van der Waals surface area contributed by atoms with Crippen LogP contribution < -0.4 is 43.1 Å². The molecule has 0 radical (unpaired) electrons. The van der Waals surface area contributed by atoms with Crippen LogP contribution in [-0.2, 0) is 0 Å². The first kappa shape index (κ1) is 44.9. The number of nitrogens with zero attached hydrogens (tertiary/aromatic N) is 3. The Morgan fingerprint density at radius 1 is 0.217 bits per heavy atom. The number of hydrogen-bond donors (Lipinski definition) is 0. The van der Waals surface area contributed by atoms with Crippen molar-refractivity contribution in [1.82, 2.24) is 15.0 Å². The van der Waals surface area contributed by atoms with Gasteiger partial charge in [0.1, 0.15) is 34.5 Å². The summed E-state index contributed by atoms with van der Waals surface area (Å²) in [6.45, 7) is 0.